The van der Waals surface area contributed by atoms with Gasteiger partial charge in [-0.1, -0.05) is 18.2 Å². The van der Waals surface area contributed by atoms with Gasteiger partial charge >= 0.3 is 18.0 Å². The van der Waals surface area contributed by atoms with Gasteiger partial charge in [0.2, 0.25) is 5.91 Å². The summed E-state index contributed by atoms with van der Waals surface area (Å²) in [6.45, 7) is 1.83. The van der Waals surface area contributed by atoms with Crippen LogP contribution in [0.5, 0.6) is 0 Å². The number of rotatable bonds is 11. The van der Waals surface area contributed by atoms with Gasteiger partial charge in [0, 0.05) is 24.6 Å². The van der Waals surface area contributed by atoms with Gasteiger partial charge in [-0.05, 0) is 25.5 Å². The lowest BCUT2D eigenvalue weighted by molar-refractivity contribution is -0.145. The minimum absolute atomic E-state index is 0.0670. The summed E-state index contributed by atoms with van der Waals surface area (Å²) in [5.74, 6) is -2.56. The Morgan fingerprint density at radius 1 is 1.00 bits per heavy atom. The molecule has 1 aromatic heterocycles. The predicted molar refractivity (Wildman–Crippen MR) is 121 cm³/mol. The molecule has 12 nitrogen and oxygen atoms in total. The first-order valence-corrected chi connectivity index (χ1v) is 10.8. The van der Waals surface area contributed by atoms with Crippen LogP contribution in [-0.4, -0.2) is 72.3 Å². The molecule has 1 aromatic carbocycles. The lowest BCUT2D eigenvalue weighted by atomic mass is 10.1. The number of hydrogen-bond donors (Lipinski definition) is 2. The Morgan fingerprint density at radius 3 is 2.34 bits per heavy atom. The van der Waals surface area contributed by atoms with Crippen LogP contribution in [0.4, 0.5) is 4.79 Å². The fraction of sp³-hybridized carbons (Fsp3) is 0.391. The highest BCUT2D eigenvalue weighted by atomic mass is 16.5. The summed E-state index contributed by atoms with van der Waals surface area (Å²) in [7, 11) is 2.37. The highest BCUT2D eigenvalue weighted by Crippen LogP contribution is 2.08. The highest BCUT2D eigenvalue weighted by Gasteiger charge is 2.29. The number of carbonyl (C=O) groups is 5. The van der Waals surface area contributed by atoms with Crippen LogP contribution in [0.3, 0.4) is 0 Å². The molecule has 0 saturated heterocycles. The van der Waals surface area contributed by atoms with Gasteiger partial charge in [-0.25, -0.2) is 19.1 Å². The van der Waals surface area contributed by atoms with Crippen molar-refractivity contribution in [2.75, 3.05) is 20.8 Å². The molecule has 2 atom stereocenters. The molecular weight excluding hydrogens is 460 g/mol. The van der Waals surface area contributed by atoms with Crippen LogP contribution in [0.15, 0.2) is 42.9 Å². The second kappa shape index (κ2) is 13.5. The summed E-state index contributed by atoms with van der Waals surface area (Å²) in [4.78, 5) is 65.5. The number of imidazole rings is 1. The Kier molecular flexibility index (Phi) is 10.4. The Labute approximate surface area is 201 Å². The summed E-state index contributed by atoms with van der Waals surface area (Å²) < 4.78 is 15.4. The molecular formula is C23H28N4O8. The molecule has 0 aliphatic heterocycles. The third kappa shape index (κ3) is 8.25. The van der Waals surface area contributed by atoms with E-state index in [9.17, 15) is 24.0 Å². The SMILES string of the molecule is CCOC(=O)n1cnc(CC(NC(=O)C(CCC(=O)OC)NC(=O)c2ccccc2)C(=O)OC)c1. The zero-order valence-electron chi connectivity index (χ0n) is 19.7. The molecule has 0 aliphatic carbocycles. The number of benzene rings is 1. The first-order chi connectivity index (χ1) is 16.8. The number of aromatic nitrogens is 2. The van der Waals surface area contributed by atoms with Crippen molar-refractivity contribution in [3.63, 3.8) is 0 Å². The Hall–Kier alpha value is -4.22. The Bertz CT molecular complexity index is 1040. The van der Waals surface area contributed by atoms with Crippen LogP contribution in [0, 0.1) is 0 Å². The maximum atomic E-state index is 13.0. The normalized spacial score (nSPS) is 12.1. The maximum absolute atomic E-state index is 13.0. The standard InChI is InChI=1S/C23H28N4O8/c1-4-35-23(32)27-13-16(24-14-27)12-18(22(31)34-3)26-21(30)17(10-11-19(28)33-2)25-20(29)15-8-6-5-7-9-15/h5-9,13-14,17-18H,4,10-12H2,1-3H3,(H,25,29)(H,26,30). The summed E-state index contributed by atoms with van der Waals surface area (Å²) in [5.41, 5.74) is 0.630. The quantitative estimate of drug-likeness (QED) is 0.346. The Morgan fingerprint density at radius 2 is 1.71 bits per heavy atom. The molecule has 0 spiro atoms. The van der Waals surface area contributed by atoms with Gasteiger partial charge in [0.1, 0.15) is 18.4 Å². The van der Waals surface area contributed by atoms with E-state index in [4.69, 9.17) is 9.47 Å². The molecule has 0 bridgehead atoms. The molecule has 0 fully saturated rings. The molecule has 12 heteroatoms. The zero-order valence-corrected chi connectivity index (χ0v) is 19.7. The van der Waals surface area contributed by atoms with Gasteiger partial charge < -0.3 is 24.8 Å². The van der Waals surface area contributed by atoms with Gasteiger partial charge in [0.25, 0.3) is 5.91 Å². The molecule has 2 rings (SSSR count). The van der Waals surface area contributed by atoms with Crippen molar-refractivity contribution in [1.29, 1.82) is 0 Å². The summed E-state index contributed by atoms with van der Waals surface area (Å²) in [5, 5.41) is 5.11. The minimum Gasteiger partial charge on any atom is -0.469 e. The average Bonchev–Trinajstić information content (AvgIpc) is 3.34. The molecule has 0 aliphatic rings. The number of esters is 2. The van der Waals surface area contributed by atoms with E-state index in [1.54, 1.807) is 37.3 Å². The number of nitrogens with zero attached hydrogens (tertiary/aromatic N) is 2. The number of ether oxygens (including phenoxy) is 3. The Balaban J connectivity index is 2.16. The molecule has 2 amide bonds. The van der Waals surface area contributed by atoms with Crippen molar-refractivity contribution in [1.82, 2.24) is 20.2 Å². The van der Waals surface area contributed by atoms with E-state index >= 15 is 0 Å². The molecule has 0 radical (unpaired) electrons. The minimum atomic E-state index is -1.17. The molecule has 2 unspecified atom stereocenters. The number of carbonyl (C=O) groups excluding carboxylic acids is 5. The summed E-state index contributed by atoms with van der Waals surface area (Å²) >= 11 is 0. The lowest BCUT2D eigenvalue weighted by Gasteiger charge is -2.22. The zero-order chi connectivity index (χ0) is 25.8. The second-order valence-corrected chi connectivity index (χ2v) is 7.27. The van der Waals surface area contributed by atoms with E-state index in [0.29, 0.717) is 11.3 Å². The predicted octanol–water partition coefficient (Wildman–Crippen LogP) is 0.840. The topological polar surface area (TPSA) is 155 Å². The van der Waals surface area contributed by atoms with Crippen molar-refractivity contribution >= 4 is 29.8 Å². The van der Waals surface area contributed by atoms with E-state index < -0.39 is 41.9 Å². The molecule has 1 heterocycles. The van der Waals surface area contributed by atoms with Crippen molar-refractivity contribution in [2.45, 2.75) is 38.3 Å². The molecule has 2 aromatic rings. The third-order valence-corrected chi connectivity index (χ3v) is 4.85. The van der Waals surface area contributed by atoms with Crippen LogP contribution in [0.25, 0.3) is 0 Å². The smallest absolute Gasteiger partial charge is 0.419 e. The van der Waals surface area contributed by atoms with Crippen molar-refractivity contribution in [2.24, 2.45) is 0 Å². The first-order valence-electron chi connectivity index (χ1n) is 10.8. The van der Waals surface area contributed by atoms with E-state index in [1.165, 1.54) is 19.6 Å². The number of amides is 2. The maximum Gasteiger partial charge on any atom is 0.419 e. The van der Waals surface area contributed by atoms with Crippen LogP contribution in [0.1, 0.15) is 35.8 Å². The van der Waals surface area contributed by atoms with E-state index in [1.807, 2.05) is 0 Å². The fourth-order valence-electron chi connectivity index (χ4n) is 3.05. The van der Waals surface area contributed by atoms with Gasteiger partial charge in [-0.15, -0.1) is 0 Å². The van der Waals surface area contributed by atoms with Crippen LogP contribution in [0.2, 0.25) is 0 Å². The summed E-state index contributed by atoms with van der Waals surface area (Å²) in [6.07, 6.45) is 1.64. The number of hydrogen-bond acceptors (Lipinski definition) is 9. The van der Waals surface area contributed by atoms with Gasteiger partial charge in [0.15, 0.2) is 0 Å². The van der Waals surface area contributed by atoms with Gasteiger partial charge in [-0.2, -0.15) is 0 Å². The van der Waals surface area contributed by atoms with Crippen molar-refractivity contribution in [3.05, 3.63) is 54.1 Å². The molecule has 0 saturated carbocycles. The third-order valence-electron chi connectivity index (χ3n) is 4.85. The molecule has 188 valence electrons. The van der Waals surface area contributed by atoms with Crippen LogP contribution >= 0.6 is 0 Å². The molecule has 2 N–H and O–H groups in total. The van der Waals surface area contributed by atoms with E-state index in [-0.39, 0.29) is 25.9 Å². The first kappa shape index (κ1) is 27.0. The van der Waals surface area contributed by atoms with Crippen LogP contribution in [-0.2, 0) is 35.0 Å². The van der Waals surface area contributed by atoms with Gasteiger partial charge in [-0.3, -0.25) is 14.4 Å². The lowest BCUT2D eigenvalue weighted by Crippen LogP contribution is -2.52. The average molecular weight is 488 g/mol. The van der Waals surface area contributed by atoms with Crippen LogP contribution < -0.4 is 10.6 Å². The van der Waals surface area contributed by atoms with E-state index in [0.717, 1.165) is 11.7 Å². The van der Waals surface area contributed by atoms with E-state index in [2.05, 4.69) is 20.4 Å². The number of methoxy groups -OCH3 is 2. The van der Waals surface area contributed by atoms with Crippen molar-refractivity contribution in [3.8, 4) is 0 Å². The number of nitrogens with one attached hydrogen (secondary N) is 2. The molecule has 35 heavy (non-hydrogen) atoms. The van der Waals surface area contributed by atoms with Gasteiger partial charge in [0.05, 0.1) is 26.5 Å². The fourth-order valence-corrected chi connectivity index (χ4v) is 3.05. The largest absolute Gasteiger partial charge is 0.469 e. The highest BCUT2D eigenvalue weighted by molar-refractivity contribution is 5.98. The second-order valence-electron chi connectivity index (χ2n) is 7.27. The van der Waals surface area contributed by atoms with Crippen molar-refractivity contribution < 1.29 is 38.2 Å². The summed E-state index contributed by atoms with van der Waals surface area (Å²) in [6, 6.07) is 5.90. The monoisotopic (exact) mass is 488 g/mol.